The Kier molecular flexibility index (Phi) is 7.61. The molecule has 11 aromatic rings. The molecule has 0 fully saturated rings. The van der Waals surface area contributed by atoms with Gasteiger partial charge in [-0.15, -0.1) is 22.7 Å². The molecule has 0 aliphatic rings. The first-order valence-electron chi connectivity index (χ1n) is 18.7. The summed E-state index contributed by atoms with van der Waals surface area (Å²) in [6, 6.07) is 73.5. The van der Waals surface area contributed by atoms with Crippen LogP contribution in [0.1, 0.15) is 0 Å². The molecule has 0 aliphatic heterocycles. The van der Waals surface area contributed by atoms with Gasteiger partial charge in [0.05, 0.1) is 10.4 Å². The van der Waals surface area contributed by atoms with Gasteiger partial charge in [-0.25, -0.2) is 0 Å². The Morgan fingerprint density at radius 1 is 0.309 bits per heavy atom. The largest absolute Gasteiger partial charge is 0.309 e. The first-order chi connectivity index (χ1) is 27.2. The van der Waals surface area contributed by atoms with Gasteiger partial charge in [-0.1, -0.05) is 140 Å². The van der Waals surface area contributed by atoms with Gasteiger partial charge in [-0.05, 0) is 105 Å². The van der Waals surface area contributed by atoms with Gasteiger partial charge in [0.2, 0.25) is 0 Å². The van der Waals surface area contributed by atoms with Gasteiger partial charge in [-0.2, -0.15) is 0 Å². The van der Waals surface area contributed by atoms with Gasteiger partial charge in [0.15, 0.2) is 0 Å². The summed E-state index contributed by atoms with van der Waals surface area (Å²) in [4.78, 5) is 2.46. The van der Waals surface area contributed by atoms with Crippen LogP contribution in [0.5, 0.6) is 0 Å². The maximum atomic E-state index is 2.46. The lowest BCUT2D eigenvalue weighted by molar-refractivity contribution is 1.30. The molecular formula is C52H33NS2. The van der Waals surface area contributed by atoms with Crippen LogP contribution in [0.3, 0.4) is 0 Å². The van der Waals surface area contributed by atoms with E-state index in [0.717, 1.165) is 11.4 Å². The molecule has 258 valence electrons. The number of thiophene rings is 2. The quantitative estimate of drug-likeness (QED) is 0.164. The normalized spacial score (nSPS) is 11.6. The summed E-state index contributed by atoms with van der Waals surface area (Å²) < 4.78 is 5.21. The van der Waals surface area contributed by atoms with E-state index in [-0.39, 0.29) is 0 Å². The van der Waals surface area contributed by atoms with E-state index >= 15 is 0 Å². The average Bonchev–Trinajstić information content (AvgIpc) is 3.83. The van der Waals surface area contributed by atoms with Crippen LogP contribution in [0.4, 0.5) is 17.1 Å². The minimum absolute atomic E-state index is 1.12. The van der Waals surface area contributed by atoms with Crippen molar-refractivity contribution < 1.29 is 0 Å². The molecule has 0 spiro atoms. The second-order valence-corrected chi connectivity index (χ2v) is 16.2. The van der Waals surface area contributed by atoms with Crippen molar-refractivity contribution in [3.63, 3.8) is 0 Å². The molecule has 0 bridgehead atoms. The lowest BCUT2D eigenvalue weighted by Crippen LogP contribution is -2.10. The highest BCUT2D eigenvalue weighted by molar-refractivity contribution is 7.26. The maximum absolute atomic E-state index is 2.46. The summed E-state index contributed by atoms with van der Waals surface area (Å²) in [7, 11) is 0. The number of nitrogens with zero attached hydrogens (tertiary/aromatic N) is 1. The molecule has 1 nitrogen and oxygen atoms in total. The molecule has 3 heteroatoms. The molecule has 55 heavy (non-hydrogen) atoms. The number of anilines is 3. The van der Waals surface area contributed by atoms with Gasteiger partial charge in [0.25, 0.3) is 0 Å². The Bertz CT molecular complexity index is 3210. The summed E-state index contributed by atoms with van der Waals surface area (Å²) in [5.74, 6) is 0. The maximum Gasteiger partial charge on any atom is 0.0640 e. The molecule has 2 heterocycles. The number of benzene rings is 9. The van der Waals surface area contributed by atoms with Crippen molar-refractivity contribution in [3.8, 4) is 33.4 Å². The van der Waals surface area contributed by atoms with Crippen molar-refractivity contribution in [2.45, 2.75) is 0 Å². The van der Waals surface area contributed by atoms with E-state index in [9.17, 15) is 0 Å². The van der Waals surface area contributed by atoms with Crippen LogP contribution in [-0.4, -0.2) is 0 Å². The Hall–Kier alpha value is -6.52. The third-order valence-corrected chi connectivity index (χ3v) is 13.2. The van der Waals surface area contributed by atoms with Gasteiger partial charge in [-0.3, -0.25) is 0 Å². The van der Waals surface area contributed by atoms with Crippen molar-refractivity contribution in [2.75, 3.05) is 4.90 Å². The van der Waals surface area contributed by atoms with Gasteiger partial charge in [0.1, 0.15) is 0 Å². The van der Waals surface area contributed by atoms with Gasteiger partial charge in [0, 0.05) is 47.0 Å². The van der Waals surface area contributed by atoms with Crippen LogP contribution in [0.2, 0.25) is 0 Å². The minimum Gasteiger partial charge on any atom is -0.309 e. The standard InChI is InChI=1S/C52H33NS2/c1-2-12-36(13-3-1)42-29-28-41(33-46(42)39-25-30-51-47(32-39)44-16-7-8-19-49(44)54-51)53(48-18-10-17-45-43-15-6-9-20-50(43)55-52(45)48)40-26-23-35(24-27-40)38-22-21-34-11-4-5-14-37(34)31-38/h1-33H. The zero-order valence-electron chi connectivity index (χ0n) is 29.8. The fourth-order valence-corrected chi connectivity index (χ4v) is 10.5. The molecule has 0 amide bonds. The van der Waals surface area contributed by atoms with Crippen LogP contribution in [0.15, 0.2) is 200 Å². The molecule has 0 N–H and O–H groups in total. The lowest BCUT2D eigenvalue weighted by Gasteiger charge is -2.27. The van der Waals surface area contributed by atoms with E-state index < -0.39 is 0 Å². The molecule has 2 aromatic heterocycles. The number of hydrogen-bond acceptors (Lipinski definition) is 3. The molecule has 0 aliphatic carbocycles. The monoisotopic (exact) mass is 735 g/mol. The van der Waals surface area contributed by atoms with E-state index in [1.165, 1.54) is 90.2 Å². The first kappa shape index (κ1) is 32.0. The molecule has 0 radical (unpaired) electrons. The fourth-order valence-electron chi connectivity index (χ4n) is 8.18. The van der Waals surface area contributed by atoms with E-state index in [1.54, 1.807) is 0 Å². The van der Waals surface area contributed by atoms with Crippen molar-refractivity contribution in [3.05, 3.63) is 200 Å². The Morgan fingerprint density at radius 2 is 0.945 bits per heavy atom. The Balaban J connectivity index is 1.12. The minimum atomic E-state index is 1.12. The van der Waals surface area contributed by atoms with Crippen molar-refractivity contribution in [1.82, 2.24) is 0 Å². The van der Waals surface area contributed by atoms with E-state index in [2.05, 4.69) is 205 Å². The molecule has 0 saturated heterocycles. The second kappa shape index (κ2) is 13.1. The highest BCUT2D eigenvalue weighted by Crippen LogP contribution is 2.47. The molecule has 0 atom stereocenters. The fraction of sp³-hybridized carbons (Fsp3) is 0. The van der Waals surface area contributed by atoms with E-state index in [4.69, 9.17) is 0 Å². The van der Waals surface area contributed by atoms with Crippen LogP contribution in [0.25, 0.3) is 84.5 Å². The van der Waals surface area contributed by atoms with Crippen molar-refractivity contribution >= 4 is 90.9 Å². The van der Waals surface area contributed by atoms with Crippen molar-refractivity contribution in [1.29, 1.82) is 0 Å². The molecule has 9 aromatic carbocycles. The molecule has 11 rings (SSSR count). The summed E-state index contributed by atoms with van der Waals surface area (Å²) in [5.41, 5.74) is 10.7. The highest BCUT2D eigenvalue weighted by Gasteiger charge is 2.21. The van der Waals surface area contributed by atoms with Crippen LogP contribution >= 0.6 is 22.7 Å². The molecule has 0 unspecified atom stereocenters. The SMILES string of the molecule is c1ccc(-c2ccc(N(c3ccc(-c4ccc5ccccc5c4)cc3)c3cccc4c3sc3ccccc34)cc2-c2ccc3sc4ccccc4c3c2)cc1. The summed E-state index contributed by atoms with van der Waals surface area (Å²) in [6.07, 6.45) is 0. The zero-order chi connectivity index (χ0) is 36.3. The van der Waals surface area contributed by atoms with Gasteiger partial charge >= 0.3 is 0 Å². The summed E-state index contributed by atoms with van der Waals surface area (Å²) in [5, 5.41) is 7.71. The number of hydrogen-bond donors (Lipinski definition) is 0. The Morgan fingerprint density at radius 3 is 1.78 bits per heavy atom. The predicted octanol–water partition coefficient (Wildman–Crippen LogP) is 16.0. The number of rotatable bonds is 6. The first-order valence-corrected chi connectivity index (χ1v) is 20.3. The Labute approximate surface area is 327 Å². The van der Waals surface area contributed by atoms with Gasteiger partial charge < -0.3 is 4.90 Å². The molecular weight excluding hydrogens is 703 g/mol. The van der Waals surface area contributed by atoms with Crippen molar-refractivity contribution in [2.24, 2.45) is 0 Å². The van der Waals surface area contributed by atoms with E-state index in [0.29, 0.717) is 0 Å². The molecule has 0 saturated carbocycles. The van der Waals surface area contributed by atoms with Crippen LogP contribution in [-0.2, 0) is 0 Å². The average molecular weight is 736 g/mol. The van der Waals surface area contributed by atoms with Crippen LogP contribution in [0, 0.1) is 0 Å². The lowest BCUT2D eigenvalue weighted by atomic mass is 9.92. The zero-order valence-corrected chi connectivity index (χ0v) is 31.4. The number of fused-ring (bicyclic) bond motifs is 7. The third-order valence-electron chi connectivity index (χ3n) is 10.9. The third kappa shape index (κ3) is 5.51. The van der Waals surface area contributed by atoms with Crippen LogP contribution < -0.4 is 4.90 Å². The highest BCUT2D eigenvalue weighted by atomic mass is 32.1. The van der Waals surface area contributed by atoms with E-state index in [1.807, 2.05) is 22.7 Å². The smallest absolute Gasteiger partial charge is 0.0640 e. The summed E-state index contributed by atoms with van der Waals surface area (Å²) in [6.45, 7) is 0. The predicted molar refractivity (Wildman–Crippen MR) is 241 cm³/mol. The summed E-state index contributed by atoms with van der Waals surface area (Å²) >= 11 is 3.73. The topological polar surface area (TPSA) is 3.24 Å². The second-order valence-electron chi connectivity index (χ2n) is 14.1.